The minimum absolute atomic E-state index is 0.0330. The van der Waals surface area contributed by atoms with Crippen molar-refractivity contribution in [1.82, 2.24) is 9.88 Å². The van der Waals surface area contributed by atoms with E-state index in [1.165, 1.54) is 11.3 Å². The molecule has 1 aliphatic carbocycles. The van der Waals surface area contributed by atoms with Crippen molar-refractivity contribution in [2.75, 3.05) is 36.9 Å². The van der Waals surface area contributed by atoms with Gasteiger partial charge in [-0.1, -0.05) is 11.3 Å². The van der Waals surface area contributed by atoms with Gasteiger partial charge < -0.3 is 26.4 Å². The molecule has 2 heterocycles. The normalized spacial score (nSPS) is 21.8. The maximum absolute atomic E-state index is 12.6. The number of hydrogen-bond donors (Lipinski definition) is 3. The largest absolute Gasteiger partial charge is 0.395 e. The van der Waals surface area contributed by atoms with Crippen LogP contribution in [-0.2, 0) is 0 Å². The summed E-state index contributed by atoms with van der Waals surface area (Å²) < 4.78 is 0. The second kappa shape index (κ2) is 5.78. The Morgan fingerprint density at radius 2 is 2.24 bits per heavy atom. The van der Waals surface area contributed by atoms with E-state index in [4.69, 9.17) is 16.6 Å². The summed E-state index contributed by atoms with van der Waals surface area (Å²) in [4.78, 5) is 21.2. The lowest BCUT2D eigenvalue weighted by Crippen LogP contribution is -2.35. The molecule has 1 saturated carbocycles. The van der Waals surface area contributed by atoms with E-state index < -0.39 is 0 Å². The molecule has 3 rings (SSSR count). The summed E-state index contributed by atoms with van der Waals surface area (Å²) in [6, 6.07) is 0.404. The van der Waals surface area contributed by atoms with Crippen LogP contribution in [0, 0.1) is 0 Å². The van der Waals surface area contributed by atoms with Crippen molar-refractivity contribution >= 4 is 28.2 Å². The Labute approximate surface area is 127 Å². The lowest BCUT2D eigenvalue weighted by atomic mass is 10.3. The molecule has 116 valence electrons. The molecule has 1 amide bonds. The van der Waals surface area contributed by atoms with Crippen LogP contribution in [0.5, 0.6) is 0 Å². The summed E-state index contributed by atoms with van der Waals surface area (Å²) in [5, 5.41) is 9.89. The van der Waals surface area contributed by atoms with Crippen LogP contribution in [0.25, 0.3) is 0 Å². The zero-order valence-electron chi connectivity index (χ0n) is 11.9. The fourth-order valence-corrected chi connectivity index (χ4v) is 3.62. The van der Waals surface area contributed by atoms with E-state index in [9.17, 15) is 4.79 Å². The molecule has 1 unspecified atom stereocenters. The topological polar surface area (TPSA) is 109 Å². The lowest BCUT2D eigenvalue weighted by Gasteiger charge is -2.20. The Balaban J connectivity index is 1.78. The molecule has 1 aromatic heterocycles. The SMILES string of the molecule is Nc1nc(N2CCC(N)C2)sc1C(=O)N(CCO)C1CC1. The van der Waals surface area contributed by atoms with E-state index >= 15 is 0 Å². The van der Waals surface area contributed by atoms with Crippen molar-refractivity contribution in [3.63, 3.8) is 0 Å². The van der Waals surface area contributed by atoms with Gasteiger partial charge in [-0.05, 0) is 19.3 Å². The van der Waals surface area contributed by atoms with E-state index in [-0.39, 0.29) is 30.4 Å². The fourth-order valence-electron chi connectivity index (χ4n) is 2.64. The Hall–Kier alpha value is -1.38. The highest BCUT2D eigenvalue weighted by Gasteiger charge is 2.35. The van der Waals surface area contributed by atoms with E-state index in [2.05, 4.69) is 9.88 Å². The van der Waals surface area contributed by atoms with Gasteiger partial charge >= 0.3 is 0 Å². The van der Waals surface area contributed by atoms with Crippen LogP contribution in [-0.4, -0.2) is 59.2 Å². The number of aliphatic hydroxyl groups excluding tert-OH is 1. The van der Waals surface area contributed by atoms with E-state index in [1.807, 2.05) is 0 Å². The number of nitrogen functional groups attached to an aromatic ring is 1. The zero-order chi connectivity index (χ0) is 15.0. The molecule has 7 nitrogen and oxygen atoms in total. The first-order valence-electron chi connectivity index (χ1n) is 7.28. The number of carbonyl (C=O) groups excluding carboxylic acids is 1. The van der Waals surface area contributed by atoms with Crippen molar-refractivity contribution in [2.45, 2.75) is 31.3 Å². The average Bonchev–Trinajstić information content (AvgIpc) is 3.09. The number of amides is 1. The van der Waals surface area contributed by atoms with Crippen LogP contribution in [0.1, 0.15) is 28.9 Å². The summed E-state index contributed by atoms with van der Waals surface area (Å²) in [7, 11) is 0. The van der Waals surface area contributed by atoms with Crippen molar-refractivity contribution in [3.8, 4) is 0 Å². The monoisotopic (exact) mass is 311 g/mol. The number of nitrogens with zero attached hydrogens (tertiary/aromatic N) is 3. The molecule has 1 aliphatic heterocycles. The first-order valence-corrected chi connectivity index (χ1v) is 8.10. The number of aliphatic hydroxyl groups is 1. The maximum atomic E-state index is 12.6. The number of hydrogen-bond acceptors (Lipinski definition) is 7. The number of rotatable bonds is 5. The van der Waals surface area contributed by atoms with E-state index in [1.54, 1.807) is 4.90 Å². The second-order valence-corrected chi connectivity index (χ2v) is 6.64. The maximum Gasteiger partial charge on any atom is 0.268 e. The number of nitrogens with two attached hydrogens (primary N) is 2. The molecular formula is C13H21N5O2S. The molecule has 0 spiro atoms. The quantitative estimate of drug-likeness (QED) is 0.698. The Kier molecular flexibility index (Phi) is 4.01. The minimum Gasteiger partial charge on any atom is -0.395 e. The molecule has 0 bridgehead atoms. The highest BCUT2D eigenvalue weighted by molar-refractivity contribution is 7.18. The molecule has 1 aromatic rings. The molecule has 2 fully saturated rings. The first kappa shape index (κ1) is 14.6. The molecule has 2 aliphatic rings. The third-order valence-corrected chi connectivity index (χ3v) is 5.04. The van der Waals surface area contributed by atoms with Crippen LogP contribution in [0.4, 0.5) is 10.9 Å². The van der Waals surface area contributed by atoms with Gasteiger partial charge in [0.25, 0.3) is 5.91 Å². The summed E-state index contributed by atoms with van der Waals surface area (Å²) in [6.07, 6.45) is 2.93. The number of anilines is 2. The van der Waals surface area contributed by atoms with Gasteiger partial charge in [0.2, 0.25) is 0 Å². The van der Waals surface area contributed by atoms with Crippen LogP contribution in [0.15, 0.2) is 0 Å². The summed E-state index contributed by atoms with van der Waals surface area (Å²) in [5.74, 6) is 0.167. The molecule has 0 radical (unpaired) electrons. The minimum atomic E-state index is -0.115. The first-order chi connectivity index (χ1) is 10.1. The predicted molar refractivity (Wildman–Crippen MR) is 82.5 cm³/mol. The van der Waals surface area contributed by atoms with Gasteiger partial charge in [-0.15, -0.1) is 0 Å². The van der Waals surface area contributed by atoms with Crippen molar-refractivity contribution in [3.05, 3.63) is 4.88 Å². The third-order valence-electron chi connectivity index (χ3n) is 3.92. The van der Waals surface area contributed by atoms with Gasteiger partial charge in [0, 0.05) is 31.7 Å². The van der Waals surface area contributed by atoms with E-state index in [0.717, 1.165) is 37.5 Å². The molecule has 1 atom stereocenters. The molecule has 5 N–H and O–H groups in total. The zero-order valence-corrected chi connectivity index (χ0v) is 12.7. The van der Waals surface area contributed by atoms with Gasteiger partial charge in [0.05, 0.1) is 6.61 Å². The molecule has 21 heavy (non-hydrogen) atoms. The molecule has 1 saturated heterocycles. The van der Waals surface area contributed by atoms with Crippen molar-refractivity contribution in [1.29, 1.82) is 0 Å². The summed E-state index contributed by atoms with van der Waals surface area (Å²) in [6.45, 7) is 1.92. The number of aromatic nitrogens is 1. The highest BCUT2D eigenvalue weighted by Crippen LogP contribution is 2.34. The molecule has 0 aromatic carbocycles. The Morgan fingerprint density at radius 3 is 2.81 bits per heavy atom. The third kappa shape index (κ3) is 2.97. The van der Waals surface area contributed by atoms with Crippen LogP contribution in [0.3, 0.4) is 0 Å². The summed E-state index contributed by atoms with van der Waals surface area (Å²) >= 11 is 1.33. The summed E-state index contributed by atoms with van der Waals surface area (Å²) in [5.41, 5.74) is 11.8. The van der Waals surface area contributed by atoms with E-state index in [0.29, 0.717) is 11.4 Å². The Bertz CT molecular complexity index is 531. The van der Waals surface area contributed by atoms with Crippen molar-refractivity contribution < 1.29 is 9.90 Å². The Morgan fingerprint density at radius 1 is 1.48 bits per heavy atom. The van der Waals surface area contributed by atoms with Gasteiger partial charge in [-0.3, -0.25) is 4.79 Å². The van der Waals surface area contributed by atoms with Gasteiger partial charge in [-0.2, -0.15) is 0 Å². The second-order valence-electron chi connectivity index (χ2n) is 5.66. The predicted octanol–water partition coefficient (Wildman–Crippen LogP) is -0.140. The number of thiazole rings is 1. The average molecular weight is 311 g/mol. The van der Waals surface area contributed by atoms with Gasteiger partial charge in [-0.25, -0.2) is 4.98 Å². The standard InChI is InChI=1S/C13H21N5O2S/c14-8-3-4-17(7-8)13-16-11(15)10(21-13)12(20)18(5-6-19)9-1-2-9/h8-9,19H,1-7,14-15H2. The highest BCUT2D eigenvalue weighted by atomic mass is 32.1. The number of carbonyl (C=O) groups is 1. The van der Waals surface area contributed by atoms with Gasteiger partial charge in [0.15, 0.2) is 5.13 Å². The van der Waals surface area contributed by atoms with Crippen LogP contribution < -0.4 is 16.4 Å². The van der Waals surface area contributed by atoms with Gasteiger partial charge in [0.1, 0.15) is 10.7 Å². The molecule has 8 heteroatoms. The molecular weight excluding hydrogens is 290 g/mol. The smallest absolute Gasteiger partial charge is 0.268 e. The lowest BCUT2D eigenvalue weighted by molar-refractivity contribution is 0.0713. The van der Waals surface area contributed by atoms with Crippen LogP contribution in [0.2, 0.25) is 0 Å². The fraction of sp³-hybridized carbons (Fsp3) is 0.692. The van der Waals surface area contributed by atoms with Crippen molar-refractivity contribution in [2.24, 2.45) is 5.73 Å². The van der Waals surface area contributed by atoms with Crippen LogP contribution >= 0.6 is 11.3 Å².